The molecule has 2 amide bonds. The Morgan fingerprint density at radius 2 is 1.58 bits per heavy atom. The normalized spacial score (nSPS) is 24.6. The minimum Gasteiger partial charge on any atom is -0.381 e. The Kier molecular flexibility index (Phi) is 8.64. The number of hydrogen-bond acceptors (Lipinski definition) is 4. The lowest BCUT2D eigenvalue weighted by Gasteiger charge is -2.36. The highest BCUT2D eigenvalue weighted by Gasteiger charge is 2.33. The number of ether oxygens (including phenoxy) is 1. The van der Waals surface area contributed by atoms with Crippen molar-refractivity contribution in [1.29, 1.82) is 0 Å². The van der Waals surface area contributed by atoms with E-state index in [0.29, 0.717) is 32.3 Å². The third kappa shape index (κ3) is 5.57. The van der Waals surface area contributed by atoms with Crippen LogP contribution < -0.4 is 11.1 Å². The van der Waals surface area contributed by atoms with Crippen LogP contribution in [0.2, 0.25) is 0 Å². The zero-order valence-electron chi connectivity index (χ0n) is 15.7. The molecule has 2 aliphatic heterocycles. The van der Waals surface area contributed by atoms with Crippen LogP contribution in [0.25, 0.3) is 0 Å². The second-order valence-electron chi connectivity index (χ2n) is 7.92. The van der Waals surface area contributed by atoms with Gasteiger partial charge < -0.3 is 20.7 Å². The molecule has 3 aliphatic rings. The van der Waals surface area contributed by atoms with Gasteiger partial charge in [-0.05, 0) is 44.4 Å². The van der Waals surface area contributed by atoms with E-state index in [9.17, 15) is 9.59 Å². The van der Waals surface area contributed by atoms with E-state index in [2.05, 4.69) is 5.32 Å². The van der Waals surface area contributed by atoms with Gasteiger partial charge in [0.2, 0.25) is 11.8 Å². The number of hydrogen-bond donors (Lipinski definition) is 2. The first-order valence-corrected chi connectivity index (χ1v) is 10.1. The van der Waals surface area contributed by atoms with E-state index in [1.54, 1.807) is 0 Å². The molecule has 3 N–H and O–H groups in total. The van der Waals surface area contributed by atoms with Gasteiger partial charge in [0.25, 0.3) is 0 Å². The van der Waals surface area contributed by atoms with Crippen molar-refractivity contribution in [3.05, 3.63) is 0 Å². The molecule has 3 fully saturated rings. The van der Waals surface area contributed by atoms with Gasteiger partial charge in [0, 0.05) is 38.3 Å². The lowest BCUT2D eigenvalue weighted by atomic mass is 9.89. The van der Waals surface area contributed by atoms with Gasteiger partial charge in [-0.25, -0.2) is 0 Å². The zero-order chi connectivity index (χ0) is 17.6. The topological polar surface area (TPSA) is 84.7 Å². The van der Waals surface area contributed by atoms with E-state index in [1.807, 2.05) is 4.90 Å². The number of amides is 2. The van der Waals surface area contributed by atoms with Gasteiger partial charge in [0.05, 0.1) is 6.04 Å². The molecule has 2 saturated heterocycles. The lowest BCUT2D eigenvalue weighted by molar-refractivity contribution is -0.138. The number of halogens is 1. The fourth-order valence-corrected chi connectivity index (χ4v) is 4.42. The van der Waals surface area contributed by atoms with Crippen molar-refractivity contribution >= 4 is 24.2 Å². The van der Waals surface area contributed by atoms with Gasteiger partial charge in [-0.15, -0.1) is 12.4 Å². The van der Waals surface area contributed by atoms with Crippen molar-refractivity contribution in [3.63, 3.8) is 0 Å². The van der Waals surface area contributed by atoms with E-state index in [0.717, 1.165) is 38.5 Å². The maximum atomic E-state index is 12.7. The molecule has 1 aliphatic carbocycles. The van der Waals surface area contributed by atoms with E-state index in [4.69, 9.17) is 10.5 Å². The molecular weight excluding hydrogens is 354 g/mol. The summed E-state index contributed by atoms with van der Waals surface area (Å²) in [5.74, 6) is 0.518. The summed E-state index contributed by atoms with van der Waals surface area (Å²) in [5, 5.41) is 3.23. The lowest BCUT2D eigenvalue weighted by Crippen LogP contribution is -2.52. The molecule has 2 heterocycles. The van der Waals surface area contributed by atoms with Crippen LogP contribution in [0.15, 0.2) is 0 Å². The molecule has 0 aromatic rings. The molecule has 0 radical (unpaired) electrons. The molecule has 150 valence electrons. The summed E-state index contributed by atoms with van der Waals surface area (Å²) in [6, 6.07) is -0.0561. The van der Waals surface area contributed by atoms with E-state index < -0.39 is 6.04 Å². The average Bonchev–Trinajstić information content (AvgIpc) is 2.68. The van der Waals surface area contributed by atoms with Crippen LogP contribution in [-0.2, 0) is 14.3 Å². The number of carbonyl (C=O) groups is 2. The van der Waals surface area contributed by atoms with Crippen molar-refractivity contribution < 1.29 is 14.3 Å². The minimum atomic E-state index is -0.420. The van der Waals surface area contributed by atoms with Crippen LogP contribution in [0.5, 0.6) is 0 Å². The largest absolute Gasteiger partial charge is 0.381 e. The predicted octanol–water partition coefficient (Wildman–Crippen LogP) is 1.85. The van der Waals surface area contributed by atoms with Crippen LogP contribution in [0.3, 0.4) is 0 Å². The van der Waals surface area contributed by atoms with Crippen molar-refractivity contribution in [2.24, 2.45) is 17.6 Å². The summed E-state index contributed by atoms with van der Waals surface area (Å²) < 4.78 is 5.35. The van der Waals surface area contributed by atoms with Gasteiger partial charge in [-0.1, -0.05) is 19.3 Å². The number of nitrogens with two attached hydrogens (primary N) is 1. The summed E-state index contributed by atoms with van der Waals surface area (Å²) in [7, 11) is 0. The molecule has 1 unspecified atom stereocenters. The molecule has 26 heavy (non-hydrogen) atoms. The molecule has 0 bridgehead atoms. The standard InChI is InChI=1S/C19H33N3O3.ClH/c20-17(14-8-12-25-13-9-14)19(24)22-10-6-15(7-11-22)18(23)21-16-4-2-1-3-5-16;/h14-17H,1-13,20H2,(H,21,23);1H. The number of nitrogens with one attached hydrogen (secondary N) is 1. The van der Waals surface area contributed by atoms with Crippen LogP contribution >= 0.6 is 12.4 Å². The summed E-state index contributed by atoms with van der Waals surface area (Å²) in [6.45, 7) is 2.71. The Bertz CT molecular complexity index is 457. The third-order valence-corrected chi connectivity index (χ3v) is 6.19. The van der Waals surface area contributed by atoms with Crippen molar-refractivity contribution in [2.75, 3.05) is 26.3 Å². The second-order valence-corrected chi connectivity index (χ2v) is 7.92. The smallest absolute Gasteiger partial charge is 0.239 e. The quantitative estimate of drug-likeness (QED) is 0.770. The summed E-state index contributed by atoms with van der Waals surface area (Å²) >= 11 is 0. The highest BCUT2D eigenvalue weighted by Crippen LogP contribution is 2.23. The molecular formula is C19H34ClN3O3. The Morgan fingerprint density at radius 3 is 2.19 bits per heavy atom. The van der Waals surface area contributed by atoms with Crippen molar-refractivity contribution in [2.45, 2.75) is 69.9 Å². The Morgan fingerprint density at radius 1 is 0.962 bits per heavy atom. The summed E-state index contributed by atoms with van der Waals surface area (Å²) in [6.07, 6.45) is 9.21. The van der Waals surface area contributed by atoms with E-state index in [-0.39, 0.29) is 36.1 Å². The molecule has 0 aromatic heterocycles. The second kappa shape index (κ2) is 10.5. The first-order valence-electron chi connectivity index (χ1n) is 10.1. The van der Waals surface area contributed by atoms with Crippen LogP contribution in [0, 0.1) is 11.8 Å². The van der Waals surface area contributed by atoms with Gasteiger partial charge in [-0.3, -0.25) is 9.59 Å². The highest BCUT2D eigenvalue weighted by molar-refractivity contribution is 5.85. The SMILES string of the molecule is Cl.NC(C(=O)N1CCC(C(=O)NC2CCCCC2)CC1)C1CCOCC1. The van der Waals surface area contributed by atoms with Gasteiger partial charge in [0.1, 0.15) is 0 Å². The molecule has 0 aromatic carbocycles. The van der Waals surface area contributed by atoms with Crippen LogP contribution in [-0.4, -0.2) is 55.1 Å². The monoisotopic (exact) mass is 387 g/mol. The minimum absolute atomic E-state index is 0. The predicted molar refractivity (Wildman–Crippen MR) is 103 cm³/mol. The van der Waals surface area contributed by atoms with E-state index in [1.165, 1.54) is 19.3 Å². The van der Waals surface area contributed by atoms with Gasteiger partial charge >= 0.3 is 0 Å². The molecule has 0 spiro atoms. The number of nitrogens with zero attached hydrogens (tertiary/aromatic N) is 1. The average molecular weight is 388 g/mol. The maximum absolute atomic E-state index is 12.7. The maximum Gasteiger partial charge on any atom is 0.239 e. The number of piperidine rings is 1. The van der Waals surface area contributed by atoms with Crippen LogP contribution in [0.4, 0.5) is 0 Å². The van der Waals surface area contributed by atoms with E-state index >= 15 is 0 Å². The highest BCUT2D eigenvalue weighted by atomic mass is 35.5. The number of carbonyl (C=O) groups excluding carboxylic acids is 2. The molecule has 1 saturated carbocycles. The van der Waals surface area contributed by atoms with Crippen molar-refractivity contribution in [3.8, 4) is 0 Å². The zero-order valence-corrected chi connectivity index (χ0v) is 16.5. The Balaban J connectivity index is 0.00000243. The first kappa shape index (κ1) is 21.5. The fraction of sp³-hybridized carbons (Fsp3) is 0.895. The van der Waals surface area contributed by atoms with Gasteiger partial charge in [0.15, 0.2) is 0 Å². The van der Waals surface area contributed by atoms with Crippen LogP contribution in [0.1, 0.15) is 57.8 Å². The third-order valence-electron chi connectivity index (χ3n) is 6.19. The van der Waals surface area contributed by atoms with Gasteiger partial charge in [-0.2, -0.15) is 0 Å². The Hall–Kier alpha value is -0.850. The molecule has 3 rings (SSSR count). The Labute approximate surface area is 163 Å². The number of likely N-dealkylation sites (tertiary alicyclic amines) is 1. The first-order chi connectivity index (χ1) is 12.1. The summed E-state index contributed by atoms with van der Waals surface area (Å²) in [4.78, 5) is 27.0. The van der Waals surface area contributed by atoms with Crippen molar-refractivity contribution in [1.82, 2.24) is 10.2 Å². The fourth-order valence-electron chi connectivity index (χ4n) is 4.42. The molecule has 6 nitrogen and oxygen atoms in total. The number of rotatable bonds is 4. The molecule has 7 heteroatoms. The summed E-state index contributed by atoms with van der Waals surface area (Å²) in [5.41, 5.74) is 6.21. The molecule has 1 atom stereocenters.